The van der Waals surface area contributed by atoms with Crippen LogP contribution in [0.3, 0.4) is 0 Å². The number of carbonyl (C=O) groups is 2. The third-order valence-corrected chi connectivity index (χ3v) is 3.06. The molecule has 4 heteroatoms. The molecule has 0 unspecified atom stereocenters. The molecule has 1 aliphatic heterocycles. The summed E-state index contributed by atoms with van der Waals surface area (Å²) in [5.41, 5.74) is 0.643. The van der Waals surface area contributed by atoms with Crippen LogP contribution in [0.4, 0.5) is 0 Å². The molecule has 1 rings (SSSR count). The molecule has 17 heavy (non-hydrogen) atoms. The van der Waals surface area contributed by atoms with E-state index in [1.54, 1.807) is 0 Å². The predicted molar refractivity (Wildman–Crippen MR) is 65.4 cm³/mol. The van der Waals surface area contributed by atoms with E-state index in [2.05, 4.69) is 4.74 Å². The number of likely N-dealkylation sites (tertiary alicyclic amines) is 1. The van der Waals surface area contributed by atoms with Gasteiger partial charge >= 0.3 is 5.97 Å². The molecule has 0 aliphatic carbocycles. The Bertz CT molecular complexity index is 310. The Morgan fingerprint density at radius 3 is 2.82 bits per heavy atom. The van der Waals surface area contributed by atoms with Gasteiger partial charge in [-0.2, -0.15) is 0 Å². The van der Waals surface area contributed by atoms with Gasteiger partial charge in [0.2, 0.25) is 5.91 Å². The van der Waals surface area contributed by atoms with Crippen molar-refractivity contribution in [1.82, 2.24) is 4.90 Å². The quantitative estimate of drug-likeness (QED) is 0.556. The molecular weight excluding hydrogens is 218 g/mol. The summed E-state index contributed by atoms with van der Waals surface area (Å²) in [5, 5.41) is 0. The van der Waals surface area contributed by atoms with E-state index in [4.69, 9.17) is 0 Å². The fourth-order valence-corrected chi connectivity index (χ4v) is 1.96. The molecule has 0 radical (unpaired) electrons. The highest BCUT2D eigenvalue weighted by atomic mass is 16.5. The number of methoxy groups -OCH3 is 1. The van der Waals surface area contributed by atoms with Gasteiger partial charge in [-0.25, -0.2) is 4.79 Å². The summed E-state index contributed by atoms with van der Waals surface area (Å²) in [6, 6.07) is 0. The average Bonchev–Trinajstić information content (AvgIpc) is 2.55. The van der Waals surface area contributed by atoms with Crippen LogP contribution in [0, 0.1) is 0 Å². The summed E-state index contributed by atoms with van der Waals surface area (Å²) in [5.74, 6) is -0.103. The van der Waals surface area contributed by atoms with Crippen LogP contribution in [0.1, 0.15) is 39.0 Å². The molecular formula is C13H21NO3. The summed E-state index contributed by atoms with van der Waals surface area (Å²) in [6.45, 7) is 3.23. The maximum atomic E-state index is 11.7. The van der Waals surface area contributed by atoms with E-state index in [0.717, 1.165) is 25.8 Å². The van der Waals surface area contributed by atoms with Crippen LogP contribution in [0.15, 0.2) is 11.6 Å². The molecule has 0 N–H and O–H groups in total. The zero-order valence-corrected chi connectivity index (χ0v) is 10.7. The van der Waals surface area contributed by atoms with E-state index in [0.29, 0.717) is 25.0 Å². The number of nitrogens with zero attached hydrogens (tertiary/aromatic N) is 1. The molecule has 0 spiro atoms. The van der Waals surface area contributed by atoms with Gasteiger partial charge in [0, 0.05) is 25.1 Å². The normalized spacial score (nSPS) is 17.9. The molecule has 0 aromatic carbocycles. The van der Waals surface area contributed by atoms with E-state index in [1.807, 2.05) is 17.9 Å². The molecule has 0 bridgehead atoms. The van der Waals surface area contributed by atoms with Crippen molar-refractivity contribution in [2.45, 2.75) is 39.0 Å². The highest BCUT2D eigenvalue weighted by Gasteiger charge is 2.16. The van der Waals surface area contributed by atoms with Crippen molar-refractivity contribution in [3.8, 4) is 0 Å². The molecule has 1 saturated heterocycles. The topological polar surface area (TPSA) is 46.6 Å². The largest absolute Gasteiger partial charge is 0.466 e. The van der Waals surface area contributed by atoms with Crippen molar-refractivity contribution in [2.24, 2.45) is 0 Å². The number of rotatable bonds is 4. The van der Waals surface area contributed by atoms with E-state index in [-0.39, 0.29) is 11.9 Å². The predicted octanol–water partition coefficient (Wildman–Crippen LogP) is 1.90. The van der Waals surface area contributed by atoms with E-state index in [9.17, 15) is 9.59 Å². The molecule has 0 atom stereocenters. The lowest BCUT2D eigenvalue weighted by molar-refractivity contribution is -0.136. The van der Waals surface area contributed by atoms with Crippen LogP contribution in [-0.4, -0.2) is 37.0 Å². The third-order valence-electron chi connectivity index (χ3n) is 3.06. The Kier molecular flexibility index (Phi) is 5.73. The van der Waals surface area contributed by atoms with E-state index >= 15 is 0 Å². The maximum absolute atomic E-state index is 11.7. The van der Waals surface area contributed by atoms with Gasteiger partial charge in [0.25, 0.3) is 0 Å². The molecule has 0 saturated carbocycles. The van der Waals surface area contributed by atoms with Crippen molar-refractivity contribution in [3.05, 3.63) is 11.6 Å². The molecule has 0 aromatic heterocycles. The van der Waals surface area contributed by atoms with Gasteiger partial charge in [-0.05, 0) is 19.3 Å². The van der Waals surface area contributed by atoms with Crippen molar-refractivity contribution >= 4 is 11.9 Å². The molecule has 0 aromatic rings. The number of hydrogen-bond acceptors (Lipinski definition) is 3. The second-order valence-corrected chi connectivity index (χ2v) is 4.22. The summed E-state index contributed by atoms with van der Waals surface area (Å²) in [7, 11) is 1.38. The minimum Gasteiger partial charge on any atom is -0.466 e. The van der Waals surface area contributed by atoms with Gasteiger partial charge in [-0.15, -0.1) is 0 Å². The molecule has 96 valence electrons. The third kappa shape index (κ3) is 4.21. The number of carbonyl (C=O) groups excluding carboxylic acids is 2. The number of hydrogen-bond donors (Lipinski definition) is 0. The van der Waals surface area contributed by atoms with Crippen LogP contribution in [-0.2, 0) is 14.3 Å². The summed E-state index contributed by atoms with van der Waals surface area (Å²) >= 11 is 0. The Hall–Kier alpha value is -1.32. The highest BCUT2D eigenvalue weighted by Crippen LogP contribution is 2.12. The Balaban J connectivity index is 2.59. The van der Waals surface area contributed by atoms with Gasteiger partial charge in [0.15, 0.2) is 0 Å². The first kappa shape index (κ1) is 13.7. The first-order chi connectivity index (χ1) is 8.19. The summed E-state index contributed by atoms with van der Waals surface area (Å²) in [4.78, 5) is 24.9. The fourth-order valence-electron chi connectivity index (χ4n) is 1.96. The van der Waals surface area contributed by atoms with Crippen LogP contribution in [0.5, 0.6) is 0 Å². The van der Waals surface area contributed by atoms with Crippen molar-refractivity contribution in [3.63, 3.8) is 0 Å². The SMILES string of the molecule is CCC(=CCN1CCCCCC1=O)C(=O)OC. The van der Waals surface area contributed by atoms with Crippen molar-refractivity contribution in [1.29, 1.82) is 0 Å². The van der Waals surface area contributed by atoms with Gasteiger partial charge in [-0.1, -0.05) is 19.4 Å². The maximum Gasteiger partial charge on any atom is 0.333 e. The Morgan fingerprint density at radius 1 is 1.41 bits per heavy atom. The molecule has 1 amide bonds. The van der Waals surface area contributed by atoms with Crippen LogP contribution in [0.2, 0.25) is 0 Å². The zero-order valence-electron chi connectivity index (χ0n) is 10.7. The van der Waals surface area contributed by atoms with E-state index < -0.39 is 0 Å². The number of amides is 1. The summed E-state index contributed by atoms with van der Waals surface area (Å²) in [6.07, 6.45) is 6.23. The first-order valence-electron chi connectivity index (χ1n) is 6.24. The average molecular weight is 239 g/mol. The monoisotopic (exact) mass is 239 g/mol. The fraction of sp³-hybridized carbons (Fsp3) is 0.692. The lowest BCUT2D eigenvalue weighted by Crippen LogP contribution is -2.30. The van der Waals surface area contributed by atoms with Crippen LogP contribution in [0.25, 0.3) is 0 Å². The Morgan fingerprint density at radius 2 is 2.18 bits per heavy atom. The second-order valence-electron chi connectivity index (χ2n) is 4.22. The standard InChI is InChI=1S/C13H21NO3/c1-3-11(13(16)17-2)8-10-14-9-6-4-5-7-12(14)15/h8H,3-7,9-10H2,1-2H3. The van der Waals surface area contributed by atoms with Gasteiger partial charge in [-0.3, -0.25) is 4.79 Å². The highest BCUT2D eigenvalue weighted by molar-refractivity contribution is 5.88. The lowest BCUT2D eigenvalue weighted by atomic mass is 10.2. The smallest absolute Gasteiger partial charge is 0.333 e. The van der Waals surface area contributed by atoms with Crippen LogP contribution < -0.4 is 0 Å². The summed E-state index contributed by atoms with van der Waals surface area (Å²) < 4.78 is 4.68. The van der Waals surface area contributed by atoms with Crippen LogP contribution >= 0.6 is 0 Å². The van der Waals surface area contributed by atoms with Crippen molar-refractivity contribution in [2.75, 3.05) is 20.2 Å². The van der Waals surface area contributed by atoms with Gasteiger partial charge in [0.1, 0.15) is 0 Å². The molecule has 1 fully saturated rings. The lowest BCUT2D eigenvalue weighted by Gasteiger charge is -2.18. The number of ether oxygens (including phenoxy) is 1. The first-order valence-corrected chi connectivity index (χ1v) is 6.24. The minimum absolute atomic E-state index is 0.194. The molecule has 4 nitrogen and oxygen atoms in total. The van der Waals surface area contributed by atoms with E-state index in [1.165, 1.54) is 7.11 Å². The van der Waals surface area contributed by atoms with Gasteiger partial charge in [0.05, 0.1) is 7.11 Å². The molecule has 1 aliphatic rings. The second kappa shape index (κ2) is 7.09. The zero-order chi connectivity index (χ0) is 12.7. The molecule has 1 heterocycles. The van der Waals surface area contributed by atoms with Crippen molar-refractivity contribution < 1.29 is 14.3 Å². The van der Waals surface area contributed by atoms with Gasteiger partial charge < -0.3 is 9.64 Å². The Labute approximate surface area is 103 Å². The minimum atomic E-state index is -0.297. The number of esters is 1.